The number of piperazine rings is 1. The van der Waals surface area contributed by atoms with Crippen LogP contribution < -0.4 is 9.64 Å². The zero-order valence-corrected chi connectivity index (χ0v) is 19.4. The third kappa shape index (κ3) is 5.01. The highest BCUT2D eigenvalue weighted by molar-refractivity contribution is 5.97. The van der Waals surface area contributed by atoms with Gasteiger partial charge in [0.15, 0.2) is 0 Å². The fraction of sp³-hybridized carbons (Fsp3) is 0.591. The van der Waals surface area contributed by atoms with E-state index in [1.165, 1.54) is 19.0 Å². The van der Waals surface area contributed by atoms with Crippen molar-refractivity contribution in [2.75, 3.05) is 51.8 Å². The number of anilines is 1. The Morgan fingerprint density at radius 1 is 1.12 bits per heavy atom. The summed E-state index contributed by atoms with van der Waals surface area (Å²) in [7, 11) is 2.86. The van der Waals surface area contributed by atoms with Gasteiger partial charge in [0.1, 0.15) is 18.0 Å². The maximum absolute atomic E-state index is 13.1. The maximum Gasteiger partial charge on any atom is 0.431 e. The summed E-state index contributed by atoms with van der Waals surface area (Å²) in [6.07, 6.45) is -4.51. The number of carbonyl (C=O) groups is 2. The molecule has 3 rings (SSSR count). The standard InChI is InChI=1S/C22H29F3N4O4/c1-13-10-16(21(31)33-5)17(11-18(13)32-4)27-6-8-28(9-7-27)19(30)12-29-15(3)14(2)20(26-29)22(23,24)25/h10-11,14-15H,6-9,12H2,1-5H3. The van der Waals surface area contributed by atoms with Gasteiger partial charge in [-0.2, -0.15) is 18.3 Å². The smallest absolute Gasteiger partial charge is 0.431 e. The van der Waals surface area contributed by atoms with Gasteiger partial charge in [-0.3, -0.25) is 9.80 Å². The number of rotatable bonds is 5. The molecule has 1 aromatic carbocycles. The molecular formula is C22H29F3N4O4. The normalized spacial score (nSPS) is 21.2. The number of aryl methyl sites for hydroxylation is 1. The Hall–Kier alpha value is -2.98. The van der Waals surface area contributed by atoms with Gasteiger partial charge in [0.2, 0.25) is 5.91 Å². The minimum Gasteiger partial charge on any atom is -0.496 e. The summed E-state index contributed by atoms with van der Waals surface area (Å²) in [5.74, 6) is -0.921. The number of hydrogen-bond acceptors (Lipinski definition) is 7. The van der Waals surface area contributed by atoms with E-state index in [-0.39, 0.29) is 12.5 Å². The lowest BCUT2D eigenvalue weighted by molar-refractivity contribution is -0.133. The Morgan fingerprint density at radius 3 is 2.27 bits per heavy atom. The van der Waals surface area contributed by atoms with Crippen LogP contribution in [0.4, 0.5) is 18.9 Å². The van der Waals surface area contributed by atoms with Crippen LogP contribution in [0.15, 0.2) is 17.2 Å². The molecule has 8 nitrogen and oxygen atoms in total. The average Bonchev–Trinajstić information content (AvgIpc) is 3.07. The topological polar surface area (TPSA) is 74.7 Å². The van der Waals surface area contributed by atoms with E-state index in [2.05, 4.69) is 5.10 Å². The van der Waals surface area contributed by atoms with Gasteiger partial charge in [0.25, 0.3) is 0 Å². The molecule has 2 aliphatic heterocycles. The van der Waals surface area contributed by atoms with Crippen LogP contribution >= 0.6 is 0 Å². The molecule has 0 saturated carbocycles. The highest BCUT2D eigenvalue weighted by Gasteiger charge is 2.46. The van der Waals surface area contributed by atoms with E-state index >= 15 is 0 Å². The number of esters is 1. The molecule has 2 aliphatic rings. The van der Waals surface area contributed by atoms with Gasteiger partial charge in [-0.1, -0.05) is 6.92 Å². The van der Waals surface area contributed by atoms with Gasteiger partial charge in [-0.25, -0.2) is 4.79 Å². The molecule has 33 heavy (non-hydrogen) atoms. The first-order chi connectivity index (χ1) is 15.5. The summed E-state index contributed by atoms with van der Waals surface area (Å²) < 4.78 is 49.7. The molecular weight excluding hydrogens is 441 g/mol. The van der Waals surface area contributed by atoms with E-state index in [9.17, 15) is 22.8 Å². The number of alkyl halides is 3. The Bertz CT molecular complexity index is 942. The summed E-state index contributed by atoms with van der Waals surface area (Å²) in [6.45, 7) is 6.35. The molecule has 1 fully saturated rings. The van der Waals surface area contributed by atoms with E-state index in [0.29, 0.717) is 43.2 Å². The molecule has 1 saturated heterocycles. The van der Waals surface area contributed by atoms with E-state index in [0.717, 1.165) is 5.56 Å². The number of nitrogens with zero attached hydrogens (tertiary/aromatic N) is 4. The zero-order valence-electron chi connectivity index (χ0n) is 19.4. The van der Waals surface area contributed by atoms with E-state index in [4.69, 9.17) is 9.47 Å². The van der Waals surface area contributed by atoms with Crippen molar-refractivity contribution in [3.8, 4) is 5.75 Å². The summed E-state index contributed by atoms with van der Waals surface area (Å²) in [4.78, 5) is 28.7. The van der Waals surface area contributed by atoms with Crippen molar-refractivity contribution in [2.24, 2.45) is 11.0 Å². The van der Waals surface area contributed by atoms with Crippen LogP contribution in [0.25, 0.3) is 0 Å². The van der Waals surface area contributed by atoms with Gasteiger partial charge in [0.05, 0.1) is 31.5 Å². The molecule has 0 aliphatic carbocycles. The highest BCUT2D eigenvalue weighted by Crippen LogP contribution is 2.33. The molecule has 0 radical (unpaired) electrons. The van der Waals surface area contributed by atoms with E-state index in [1.807, 2.05) is 11.8 Å². The molecule has 182 valence electrons. The number of carbonyl (C=O) groups excluding carboxylic acids is 2. The molecule has 2 heterocycles. The number of benzene rings is 1. The lowest BCUT2D eigenvalue weighted by atomic mass is 9.99. The van der Waals surface area contributed by atoms with E-state index in [1.54, 1.807) is 31.1 Å². The maximum atomic E-state index is 13.1. The van der Waals surface area contributed by atoms with Crippen molar-refractivity contribution in [2.45, 2.75) is 33.0 Å². The zero-order chi connectivity index (χ0) is 24.5. The Morgan fingerprint density at radius 2 is 1.76 bits per heavy atom. The number of methoxy groups -OCH3 is 2. The van der Waals surface area contributed by atoms with Crippen LogP contribution in [0.5, 0.6) is 5.75 Å². The van der Waals surface area contributed by atoms with Crippen molar-refractivity contribution in [3.05, 3.63) is 23.3 Å². The van der Waals surface area contributed by atoms with Crippen molar-refractivity contribution in [1.29, 1.82) is 0 Å². The van der Waals surface area contributed by atoms with Crippen LogP contribution in [0.1, 0.15) is 29.8 Å². The second-order valence-electron chi connectivity index (χ2n) is 8.31. The molecule has 0 spiro atoms. The SMILES string of the molecule is COC(=O)c1cc(C)c(OC)cc1N1CCN(C(=O)CN2N=C(C(F)(F)F)C(C)C2C)CC1. The first-order valence-corrected chi connectivity index (χ1v) is 10.7. The fourth-order valence-corrected chi connectivity index (χ4v) is 4.17. The number of halogens is 3. The quantitative estimate of drug-likeness (QED) is 0.616. The Labute approximate surface area is 190 Å². The molecule has 0 bridgehead atoms. The molecule has 1 aromatic rings. The van der Waals surface area contributed by atoms with Crippen LogP contribution in [0.3, 0.4) is 0 Å². The molecule has 0 N–H and O–H groups in total. The van der Waals surface area contributed by atoms with Crippen LogP contribution in [-0.4, -0.2) is 86.7 Å². The van der Waals surface area contributed by atoms with Gasteiger partial charge in [-0.05, 0) is 25.5 Å². The van der Waals surface area contributed by atoms with Gasteiger partial charge in [0, 0.05) is 38.2 Å². The third-order valence-electron chi connectivity index (χ3n) is 6.34. The van der Waals surface area contributed by atoms with Gasteiger partial charge < -0.3 is 19.3 Å². The predicted octanol–water partition coefficient (Wildman–Crippen LogP) is 2.70. The lowest BCUT2D eigenvalue weighted by Gasteiger charge is -2.37. The summed E-state index contributed by atoms with van der Waals surface area (Å²) in [5, 5.41) is 4.91. The Kier molecular flexibility index (Phi) is 7.08. The van der Waals surface area contributed by atoms with Crippen molar-refractivity contribution in [3.63, 3.8) is 0 Å². The predicted molar refractivity (Wildman–Crippen MR) is 117 cm³/mol. The lowest BCUT2D eigenvalue weighted by Crippen LogP contribution is -2.51. The van der Waals surface area contributed by atoms with Gasteiger partial charge >= 0.3 is 12.1 Å². The summed E-state index contributed by atoms with van der Waals surface area (Å²) in [5.41, 5.74) is 1.00. The number of amides is 1. The summed E-state index contributed by atoms with van der Waals surface area (Å²) >= 11 is 0. The fourth-order valence-electron chi connectivity index (χ4n) is 4.17. The minimum absolute atomic E-state index is 0.211. The van der Waals surface area contributed by atoms with Gasteiger partial charge in [-0.15, -0.1) is 0 Å². The van der Waals surface area contributed by atoms with Crippen molar-refractivity contribution in [1.82, 2.24) is 9.91 Å². The van der Waals surface area contributed by atoms with E-state index < -0.39 is 29.8 Å². The molecule has 2 atom stereocenters. The Balaban J connectivity index is 1.69. The third-order valence-corrected chi connectivity index (χ3v) is 6.34. The molecule has 11 heteroatoms. The minimum atomic E-state index is -4.51. The first-order valence-electron chi connectivity index (χ1n) is 10.7. The number of hydrogen-bond donors (Lipinski definition) is 0. The van der Waals surface area contributed by atoms with Crippen molar-refractivity contribution >= 4 is 23.3 Å². The monoisotopic (exact) mass is 470 g/mol. The second-order valence-corrected chi connectivity index (χ2v) is 8.31. The van der Waals surface area contributed by atoms with Crippen LogP contribution in [0.2, 0.25) is 0 Å². The van der Waals surface area contributed by atoms with Crippen LogP contribution in [-0.2, 0) is 9.53 Å². The largest absolute Gasteiger partial charge is 0.496 e. The summed E-state index contributed by atoms with van der Waals surface area (Å²) in [6, 6.07) is 2.97. The molecule has 2 unspecified atom stereocenters. The second kappa shape index (κ2) is 9.48. The average molecular weight is 470 g/mol. The number of ether oxygens (including phenoxy) is 2. The number of hydrazone groups is 1. The first kappa shape index (κ1) is 24.7. The highest BCUT2D eigenvalue weighted by atomic mass is 19.4. The van der Waals surface area contributed by atoms with Crippen LogP contribution in [0, 0.1) is 12.8 Å². The molecule has 1 amide bonds. The van der Waals surface area contributed by atoms with Crippen molar-refractivity contribution < 1.29 is 32.2 Å². The molecule has 0 aromatic heterocycles.